The predicted molar refractivity (Wildman–Crippen MR) is 50.5 cm³/mol. The van der Waals surface area contributed by atoms with E-state index in [1.54, 1.807) is 0 Å². The summed E-state index contributed by atoms with van der Waals surface area (Å²) in [5.41, 5.74) is 5.56. The highest BCUT2D eigenvalue weighted by Crippen LogP contribution is 2.30. The lowest BCUT2D eigenvalue weighted by Gasteiger charge is -2.19. The van der Waals surface area contributed by atoms with Gasteiger partial charge in [0.25, 0.3) is 0 Å². The molecule has 0 aromatic heterocycles. The monoisotopic (exact) mass is 185 g/mol. The standard InChI is InChI=1S/C10H19NO2/c1-7-2-4-9(12-7)10-5-3-8(6-11)13-10/h7-10H,2-6,11H2,1H3. The fourth-order valence-corrected chi connectivity index (χ4v) is 2.29. The summed E-state index contributed by atoms with van der Waals surface area (Å²) >= 11 is 0. The summed E-state index contributed by atoms with van der Waals surface area (Å²) in [6.07, 6.45) is 5.93. The van der Waals surface area contributed by atoms with Crippen LogP contribution in [0.1, 0.15) is 32.6 Å². The summed E-state index contributed by atoms with van der Waals surface area (Å²) in [7, 11) is 0. The third-order valence-corrected chi connectivity index (χ3v) is 3.08. The van der Waals surface area contributed by atoms with E-state index in [9.17, 15) is 0 Å². The summed E-state index contributed by atoms with van der Waals surface area (Å²) in [5, 5.41) is 0. The van der Waals surface area contributed by atoms with E-state index in [4.69, 9.17) is 15.2 Å². The molecule has 2 fully saturated rings. The van der Waals surface area contributed by atoms with Gasteiger partial charge in [0.05, 0.1) is 24.4 Å². The maximum absolute atomic E-state index is 5.79. The first-order valence-corrected chi connectivity index (χ1v) is 5.30. The van der Waals surface area contributed by atoms with Crippen molar-refractivity contribution >= 4 is 0 Å². The van der Waals surface area contributed by atoms with Gasteiger partial charge in [-0.1, -0.05) is 0 Å². The van der Waals surface area contributed by atoms with Crippen molar-refractivity contribution < 1.29 is 9.47 Å². The van der Waals surface area contributed by atoms with Crippen LogP contribution in [0.3, 0.4) is 0 Å². The molecule has 13 heavy (non-hydrogen) atoms. The van der Waals surface area contributed by atoms with Gasteiger partial charge in [0.2, 0.25) is 0 Å². The first-order valence-electron chi connectivity index (χ1n) is 5.30. The van der Waals surface area contributed by atoms with Crippen molar-refractivity contribution in [1.29, 1.82) is 0 Å². The van der Waals surface area contributed by atoms with Gasteiger partial charge in [-0.2, -0.15) is 0 Å². The molecule has 0 aliphatic carbocycles. The zero-order chi connectivity index (χ0) is 9.26. The summed E-state index contributed by atoms with van der Waals surface area (Å²) in [6.45, 7) is 2.79. The molecule has 0 saturated carbocycles. The Morgan fingerprint density at radius 3 is 2.31 bits per heavy atom. The van der Waals surface area contributed by atoms with E-state index < -0.39 is 0 Å². The van der Waals surface area contributed by atoms with Crippen LogP contribution in [0.25, 0.3) is 0 Å². The van der Waals surface area contributed by atoms with Gasteiger partial charge in [0.15, 0.2) is 0 Å². The van der Waals surface area contributed by atoms with Crippen LogP contribution in [0, 0.1) is 0 Å². The lowest BCUT2D eigenvalue weighted by molar-refractivity contribution is -0.0592. The van der Waals surface area contributed by atoms with E-state index in [1.807, 2.05) is 0 Å². The van der Waals surface area contributed by atoms with E-state index in [0.29, 0.717) is 24.9 Å². The van der Waals surface area contributed by atoms with Crippen molar-refractivity contribution in [3.63, 3.8) is 0 Å². The van der Waals surface area contributed by atoms with Crippen LogP contribution < -0.4 is 5.73 Å². The van der Waals surface area contributed by atoms with Crippen molar-refractivity contribution in [1.82, 2.24) is 0 Å². The lowest BCUT2D eigenvalue weighted by Crippen LogP contribution is -2.28. The number of rotatable bonds is 2. The summed E-state index contributed by atoms with van der Waals surface area (Å²) in [5.74, 6) is 0. The molecular weight excluding hydrogens is 166 g/mol. The fraction of sp³-hybridized carbons (Fsp3) is 1.00. The number of hydrogen-bond acceptors (Lipinski definition) is 3. The van der Waals surface area contributed by atoms with Crippen LogP contribution in [0.4, 0.5) is 0 Å². The summed E-state index contributed by atoms with van der Waals surface area (Å²) in [6, 6.07) is 0. The van der Waals surface area contributed by atoms with Gasteiger partial charge in [0.1, 0.15) is 0 Å². The normalized spacial score (nSPS) is 45.7. The van der Waals surface area contributed by atoms with Crippen molar-refractivity contribution in [3.8, 4) is 0 Å². The van der Waals surface area contributed by atoms with Crippen molar-refractivity contribution in [2.75, 3.05) is 6.54 Å². The molecule has 2 N–H and O–H groups in total. The van der Waals surface area contributed by atoms with Gasteiger partial charge in [-0.3, -0.25) is 0 Å². The molecule has 0 aromatic rings. The zero-order valence-electron chi connectivity index (χ0n) is 8.24. The third-order valence-electron chi connectivity index (χ3n) is 3.08. The van der Waals surface area contributed by atoms with E-state index in [-0.39, 0.29) is 6.10 Å². The molecule has 4 atom stereocenters. The molecule has 2 saturated heterocycles. The maximum atomic E-state index is 5.79. The highest BCUT2D eigenvalue weighted by Gasteiger charge is 2.35. The van der Waals surface area contributed by atoms with Crippen LogP contribution in [-0.4, -0.2) is 31.0 Å². The van der Waals surface area contributed by atoms with E-state index in [2.05, 4.69) is 6.92 Å². The average Bonchev–Trinajstić information content (AvgIpc) is 2.71. The molecule has 0 amide bonds. The van der Waals surface area contributed by atoms with Crippen LogP contribution in [-0.2, 0) is 9.47 Å². The molecule has 0 radical (unpaired) electrons. The van der Waals surface area contributed by atoms with Gasteiger partial charge < -0.3 is 15.2 Å². The topological polar surface area (TPSA) is 44.5 Å². The minimum absolute atomic E-state index is 0.282. The second-order valence-corrected chi connectivity index (χ2v) is 4.17. The molecule has 2 aliphatic rings. The Kier molecular flexibility index (Phi) is 2.86. The van der Waals surface area contributed by atoms with Crippen LogP contribution in [0.2, 0.25) is 0 Å². The average molecular weight is 185 g/mol. The smallest absolute Gasteiger partial charge is 0.0842 e. The molecular formula is C10H19NO2. The quantitative estimate of drug-likeness (QED) is 0.699. The highest BCUT2D eigenvalue weighted by atomic mass is 16.6. The zero-order valence-corrected chi connectivity index (χ0v) is 8.24. The molecule has 0 bridgehead atoms. The van der Waals surface area contributed by atoms with Gasteiger partial charge in [-0.25, -0.2) is 0 Å². The van der Waals surface area contributed by atoms with Crippen molar-refractivity contribution in [2.24, 2.45) is 5.73 Å². The maximum Gasteiger partial charge on any atom is 0.0842 e. The SMILES string of the molecule is CC1CCC(C2CCC(CN)O2)O1. The summed E-state index contributed by atoms with van der Waals surface area (Å²) in [4.78, 5) is 0. The second kappa shape index (κ2) is 3.95. The molecule has 76 valence electrons. The number of hydrogen-bond donors (Lipinski definition) is 1. The van der Waals surface area contributed by atoms with E-state index in [1.165, 1.54) is 6.42 Å². The molecule has 0 spiro atoms. The van der Waals surface area contributed by atoms with E-state index >= 15 is 0 Å². The fourth-order valence-electron chi connectivity index (χ4n) is 2.29. The number of nitrogens with two attached hydrogens (primary N) is 1. The van der Waals surface area contributed by atoms with Gasteiger partial charge in [-0.15, -0.1) is 0 Å². The molecule has 4 unspecified atom stereocenters. The first-order chi connectivity index (χ1) is 6.29. The molecule has 3 heteroatoms. The van der Waals surface area contributed by atoms with Crippen molar-refractivity contribution in [2.45, 2.75) is 57.0 Å². The third kappa shape index (κ3) is 2.03. The molecule has 3 nitrogen and oxygen atoms in total. The Bertz CT molecular complexity index is 174. The lowest BCUT2D eigenvalue weighted by atomic mass is 10.1. The van der Waals surface area contributed by atoms with Crippen LogP contribution in [0.15, 0.2) is 0 Å². The Balaban J connectivity index is 1.82. The Morgan fingerprint density at radius 1 is 1.08 bits per heavy atom. The highest BCUT2D eigenvalue weighted by molar-refractivity contribution is 4.84. The second-order valence-electron chi connectivity index (χ2n) is 4.17. The van der Waals surface area contributed by atoms with Crippen molar-refractivity contribution in [3.05, 3.63) is 0 Å². The molecule has 2 heterocycles. The summed E-state index contributed by atoms with van der Waals surface area (Å²) < 4.78 is 11.6. The minimum Gasteiger partial charge on any atom is -0.373 e. The Morgan fingerprint density at radius 2 is 1.77 bits per heavy atom. The first kappa shape index (κ1) is 9.44. The Labute approximate surface area is 79.6 Å². The number of ether oxygens (including phenoxy) is 2. The van der Waals surface area contributed by atoms with Crippen LogP contribution in [0.5, 0.6) is 0 Å². The molecule has 2 rings (SSSR count). The Hall–Kier alpha value is -0.120. The predicted octanol–water partition coefficient (Wildman–Crippen LogP) is 1.06. The van der Waals surface area contributed by atoms with Crippen LogP contribution >= 0.6 is 0 Å². The largest absolute Gasteiger partial charge is 0.373 e. The molecule has 0 aromatic carbocycles. The van der Waals surface area contributed by atoms with Gasteiger partial charge in [0, 0.05) is 6.54 Å². The van der Waals surface area contributed by atoms with E-state index in [0.717, 1.165) is 19.3 Å². The van der Waals surface area contributed by atoms with Gasteiger partial charge >= 0.3 is 0 Å². The minimum atomic E-state index is 0.282. The molecule has 2 aliphatic heterocycles. The van der Waals surface area contributed by atoms with Gasteiger partial charge in [-0.05, 0) is 32.6 Å².